The van der Waals surface area contributed by atoms with Crippen molar-refractivity contribution in [3.05, 3.63) is 34.3 Å². The van der Waals surface area contributed by atoms with Crippen LogP contribution in [0.5, 0.6) is 0 Å². The number of aliphatic imine (C=N–C) groups is 1. The standard InChI is InChI=1S/C15H21BrN2S/c1-15(2,3)13-7-8-19-14(18-13)17-10-11-5-4-6-12(16)9-11/h4-6,9,13H,7-8,10H2,1-3H3,(H,17,18). The summed E-state index contributed by atoms with van der Waals surface area (Å²) in [6, 6.07) is 8.86. The van der Waals surface area contributed by atoms with Gasteiger partial charge in [0, 0.05) is 16.3 Å². The van der Waals surface area contributed by atoms with Crippen LogP contribution in [-0.4, -0.2) is 17.0 Å². The Bertz CT molecular complexity index is 465. The van der Waals surface area contributed by atoms with Crippen LogP contribution in [0, 0.1) is 5.41 Å². The molecule has 1 fully saturated rings. The number of rotatable bonds is 2. The lowest BCUT2D eigenvalue weighted by molar-refractivity contribution is 0.290. The molecule has 1 atom stereocenters. The van der Waals surface area contributed by atoms with Crippen molar-refractivity contribution in [2.75, 3.05) is 5.75 Å². The molecule has 0 spiro atoms. The minimum absolute atomic E-state index is 0.289. The molecule has 1 aromatic carbocycles. The number of amidine groups is 1. The van der Waals surface area contributed by atoms with Gasteiger partial charge in [-0.05, 0) is 29.5 Å². The van der Waals surface area contributed by atoms with Gasteiger partial charge < -0.3 is 5.32 Å². The fourth-order valence-electron chi connectivity index (χ4n) is 2.08. The largest absolute Gasteiger partial charge is 0.362 e. The number of benzene rings is 1. The van der Waals surface area contributed by atoms with E-state index in [9.17, 15) is 0 Å². The summed E-state index contributed by atoms with van der Waals surface area (Å²) >= 11 is 5.33. The second-order valence-electron chi connectivity index (χ2n) is 5.95. The lowest BCUT2D eigenvalue weighted by atomic mass is 9.85. The van der Waals surface area contributed by atoms with Crippen LogP contribution >= 0.6 is 27.7 Å². The zero-order chi connectivity index (χ0) is 13.9. The van der Waals surface area contributed by atoms with Crippen LogP contribution in [0.15, 0.2) is 33.7 Å². The molecule has 0 radical (unpaired) electrons. The maximum Gasteiger partial charge on any atom is 0.157 e. The van der Waals surface area contributed by atoms with Crippen molar-refractivity contribution in [2.24, 2.45) is 10.4 Å². The summed E-state index contributed by atoms with van der Waals surface area (Å²) in [5, 5.41) is 4.67. The van der Waals surface area contributed by atoms with Crippen molar-refractivity contribution in [1.82, 2.24) is 5.32 Å². The van der Waals surface area contributed by atoms with Gasteiger partial charge >= 0.3 is 0 Å². The first kappa shape index (κ1) is 14.9. The Morgan fingerprint density at radius 1 is 1.42 bits per heavy atom. The molecule has 2 rings (SSSR count). The Morgan fingerprint density at radius 3 is 2.89 bits per heavy atom. The van der Waals surface area contributed by atoms with Crippen molar-refractivity contribution < 1.29 is 0 Å². The van der Waals surface area contributed by atoms with Gasteiger partial charge in [0.1, 0.15) is 0 Å². The maximum atomic E-state index is 4.71. The van der Waals surface area contributed by atoms with Gasteiger partial charge in [-0.2, -0.15) is 0 Å². The predicted molar refractivity (Wildman–Crippen MR) is 88.7 cm³/mol. The molecular weight excluding hydrogens is 320 g/mol. The van der Waals surface area contributed by atoms with Gasteiger partial charge in [0.05, 0.1) is 6.54 Å². The minimum atomic E-state index is 0.289. The van der Waals surface area contributed by atoms with E-state index < -0.39 is 0 Å². The zero-order valence-electron chi connectivity index (χ0n) is 11.7. The summed E-state index contributed by atoms with van der Waals surface area (Å²) in [6.45, 7) is 7.59. The molecule has 1 saturated heterocycles. The van der Waals surface area contributed by atoms with Crippen LogP contribution in [0.1, 0.15) is 32.8 Å². The average Bonchev–Trinajstić information content (AvgIpc) is 2.36. The molecule has 1 aliphatic heterocycles. The van der Waals surface area contributed by atoms with E-state index in [2.05, 4.69) is 60.2 Å². The lowest BCUT2D eigenvalue weighted by Crippen LogP contribution is -2.46. The van der Waals surface area contributed by atoms with Gasteiger partial charge in [-0.1, -0.05) is 60.6 Å². The van der Waals surface area contributed by atoms with E-state index in [0.29, 0.717) is 6.04 Å². The van der Waals surface area contributed by atoms with Crippen LogP contribution in [0.2, 0.25) is 0 Å². The summed E-state index contributed by atoms with van der Waals surface area (Å²) < 4.78 is 1.11. The fraction of sp³-hybridized carbons (Fsp3) is 0.533. The Hall–Kier alpha value is -0.480. The number of hydrogen-bond donors (Lipinski definition) is 1. The van der Waals surface area contributed by atoms with Crippen LogP contribution in [0.25, 0.3) is 0 Å². The molecular formula is C15H21BrN2S. The maximum absolute atomic E-state index is 4.71. The number of halogens is 1. The number of nitrogens with one attached hydrogen (secondary N) is 1. The molecule has 1 N–H and O–H groups in total. The SMILES string of the molecule is CC(C)(C)C1CCSC(=NCc2cccc(Br)c2)N1. The number of nitrogens with zero attached hydrogens (tertiary/aromatic N) is 1. The van der Waals surface area contributed by atoms with Crippen molar-refractivity contribution in [3.63, 3.8) is 0 Å². The molecule has 19 heavy (non-hydrogen) atoms. The van der Waals surface area contributed by atoms with E-state index in [4.69, 9.17) is 4.99 Å². The molecule has 104 valence electrons. The van der Waals surface area contributed by atoms with Crippen LogP contribution in [0.4, 0.5) is 0 Å². The summed E-state index contributed by atoms with van der Waals surface area (Å²) in [6.07, 6.45) is 1.21. The van der Waals surface area contributed by atoms with Gasteiger partial charge in [-0.15, -0.1) is 0 Å². The number of thioether (sulfide) groups is 1. The smallest absolute Gasteiger partial charge is 0.157 e. The molecule has 0 bridgehead atoms. The fourth-order valence-corrected chi connectivity index (χ4v) is 3.45. The summed E-state index contributed by atoms with van der Waals surface area (Å²) in [5.74, 6) is 1.16. The molecule has 1 unspecified atom stereocenters. The van der Waals surface area contributed by atoms with Gasteiger partial charge in [-0.25, -0.2) is 0 Å². The van der Waals surface area contributed by atoms with Crippen molar-refractivity contribution in [1.29, 1.82) is 0 Å². The van der Waals surface area contributed by atoms with Crippen molar-refractivity contribution in [3.8, 4) is 0 Å². The monoisotopic (exact) mass is 340 g/mol. The normalized spacial score (nSPS) is 22.3. The van der Waals surface area contributed by atoms with Gasteiger partial charge in [0.2, 0.25) is 0 Å². The topological polar surface area (TPSA) is 24.4 Å². The Labute approximate surface area is 128 Å². The van der Waals surface area contributed by atoms with Crippen LogP contribution < -0.4 is 5.32 Å². The van der Waals surface area contributed by atoms with Crippen molar-refractivity contribution in [2.45, 2.75) is 39.8 Å². The third kappa shape index (κ3) is 4.53. The minimum Gasteiger partial charge on any atom is -0.362 e. The molecule has 1 aliphatic rings. The van der Waals surface area contributed by atoms with E-state index in [-0.39, 0.29) is 5.41 Å². The summed E-state index contributed by atoms with van der Waals surface area (Å²) in [5.41, 5.74) is 1.53. The molecule has 0 aliphatic carbocycles. The third-order valence-corrected chi connectivity index (χ3v) is 4.74. The molecule has 4 heteroatoms. The zero-order valence-corrected chi connectivity index (χ0v) is 14.1. The molecule has 2 nitrogen and oxygen atoms in total. The van der Waals surface area contributed by atoms with Gasteiger partial charge in [0.15, 0.2) is 5.17 Å². The third-order valence-electron chi connectivity index (χ3n) is 3.28. The molecule has 0 saturated carbocycles. The van der Waals surface area contributed by atoms with E-state index in [1.165, 1.54) is 12.0 Å². The highest BCUT2D eigenvalue weighted by molar-refractivity contribution is 9.10. The molecule has 0 aromatic heterocycles. The van der Waals surface area contributed by atoms with E-state index in [1.54, 1.807) is 0 Å². The highest BCUT2D eigenvalue weighted by atomic mass is 79.9. The molecule has 0 amide bonds. The molecule has 1 aromatic rings. The van der Waals surface area contributed by atoms with E-state index in [1.807, 2.05) is 17.8 Å². The van der Waals surface area contributed by atoms with E-state index >= 15 is 0 Å². The highest BCUT2D eigenvalue weighted by Crippen LogP contribution is 2.27. The Balaban J connectivity index is 1.99. The first-order valence-corrected chi connectivity index (χ1v) is 8.41. The van der Waals surface area contributed by atoms with Crippen LogP contribution in [-0.2, 0) is 6.54 Å². The second-order valence-corrected chi connectivity index (χ2v) is 7.95. The first-order valence-electron chi connectivity index (χ1n) is 6.63. The van der Waals surface area contributed by atoms with E-state index in [0.717, 1.165) is 21.9 Å². The second kappa shape index (κ2) is 6.31. The van der Waals surface area contributed by atoms with Gasteiger partial charge in [-0.3, -0.25) is 4.99 Å². The number of hydrogen-bond acceptors (Lipinski definition) is 2. The summed E-state index contributed by atoms with van der Waals surface area (Å²) in [4.78, 5) is 4.71. The highest BCUT2D eigenvalue weighted by Gasteiger charge is 2.28. The van der Waals surface area contributed by atoms with Gasteiger partial charge in [0.25, 0.3) is 0 Å². The molecule has 1 heterocycles. The quantitative estimate of drug-likeness (QED) is 0.860. The Kier molecular flexibility index (Phi) is 4.96. The lowest BCUT2D eigenvalue weighted by Gasteiger charge is -2.35. The first-order chi connectivity index (χ1) is 8.95. The average molecular weight is 341 g/mol. The van der Waals surface area contributed by atoms with Crippen molar-refractivity contribution >= 4 is 32.9 Å². The summed E-state index contributed by atoms with van der Waals surface area (Å²) in [7, 11) is 0. The Morgan fingerprint density at radius 2 is 2.21 bits per heavy atom. The predicted octanol–water partition coefficient (Wildman–Crippen LogP) is 4.45. The van der Waals surface area contributed by atoms with Crippen LogP contribution in [0.3, 0.4) is 0 Å².